The molecule has 0 saturated heterocycles. The van der Waals surface area contributed by atoms with Gasteiger partial charge in [0.15, 0.2) is 0 Å². The van der Waals surface area contributed by atoms with Crippen molar-refractivity contribution in [2.45, 2.75) is 32.2 Å². The van der Waals surface area contributed by atoms with Gasteiger partial charge in [-0.3, -0.25) is 9.59 Å². The van der Waals surface area contributed by atoms with Crippen LogP contribution in [0, 0.1) is 12.8 Å². The van der Waals surface area contributed by atoms with Crippen LogP contribution in [0.2, 0.25) is 0 Å². The van der Waals surface area contributed by atoms with Crippen LogP contribution >= 0.6 is 11.3 Å². The minimum atomic E-state index is -0.177. The first-order valence-electron chi connectivity index (χ1n) is 12.5. The molecular weight excluding hydrogens is 472 g/mol. The van der Waals surface area contributed by atoms with Gasteiger partial charge in [0.05, 0.1) is 13.2 Å². The number of carbonyl (C=O) groups is 2. The monoisotopic (exact) mass is 504 g/mol. The summed E-state index contributed by atoms with van der Waals surface area (Å²) < 4.78 is 11.5. The van der Waals surface area contributed by atoms with Gasteiger partial charge in [0.2, 0.25) is 5.91 Å². The van der Waals surface area contributed by atoms with E-state index in [2.05, 4.69) is 11.4 Å². The van der Waals surface area contributed by atoms with Gasteiger partial charge in [0.25, 0.3) is 5.91 Å². The van der Waals surface area contributed by atoms with E-state index in [0.717, 1.165) is 30.6 Å². The summed E-state index contributed by atoms with van der Waals surface area (Å²) in [7, 11) is 1.59. The standard InChI is InChI=1S/C29H32N2O4S/c1-20-6-10-23(11-7-20)35-19-26-25-13-15-36-27(25)12-14-31(26)28(32)18-30(17-21-8-9-21)29(33)22-4-3-5-24(16-22)34-2/h3-7,10-11,13,15-16,21,26H,8-9,12,14,17-19H2,1-2H3/t26-/m1/s1. The zero-order valence-corrected chi connectivity index (χ0v) is 21.6. The first-order valence-corrected chi connectivity index (χ1v) is 13.4. The van der Waals surface area contributed by atoms with Crippen LogP contribution in [0.5, 0.6) is 11.5 Å². The number of nitrogens with zero attached hydrogens (tertiary/aromatic N) is 2. The zero-order valence-electron chi connectivity index (χ0n) is 20.8. The van der Waals surface area contributed by atoms with Gasteiger partial charge in [-0.2, -0.15) is 0 Å². The first kappa shape index (κ1) is 24.4. The van der Waals surface area contributed by atoms with E-state index in [9.17, 15) is 9.59 Å². The molecule has 3 aromatic rings. The lowest BCUT2D eigenvalue weighted by Gasteiger charge is -2.37. The summed E-state index contributed by atoms with van der Waals surface area (Å²) in [4.78, 5) is 32.1. The highest BCUT2D eigenvalue weighted by molar-refractivity contribution is 7.10. The van der Waals surface area contributed by atoms with E-state index in [-0.39, 0.29) is 24.4 Å². The van der Waals surface area contributed by atoms with Crippen LogP contribution in [0.4, 0.5) is 0 Å². The van der Waals surface area contributed by atoms with Crippen LogP contribution in [0.3, 0.4) is 0 Å². The Morgan fingerprint density at radius 2 is 1.89 bits per heavy atom. The SMILES string of the molecule is COc1cccc(C(=O)N(CC(=O)N2CCc3sccc3[C@H]2COc2ccc(C)cc2)CC2CC2)c1. The summed E-state index contributed by atoms with van der Waals surface area (Å²) in [6.45, 7) is 3.71. The van der Waals surface area contributed by atoms with Crippen molar-refractivity contribution < 1.29 is 19.1 Å². The van der Waals surface area contributed by atoms with Crippen molar-refractivity contribution in [3.05, 3.63) is 81.5 Å². The molecule has 36 heavy (non-hydrogen) atoms. The Balaban J connectivity index is 1.34. The number of ether oxygens (including phenoxy) is 2. The fourth-order valence-electron chi connectivity index (χ4n) is 4.71. The predicted molar refractivity (Wildman–Crippen MR) is 141 cm³/mol. The molecule has 0 N–H and O–H groups in total. The number of fused-ring (bicyclic) bond motifs is 1. The summed E-state index contributed by atoms with van der Waals surface area (Å²) in [5, 5.41) is 2.09. The summed E-state index contributed by atoms with van der Waals surface area (Å²) in [6.07, 6.45) is 3.03. The average molecular weight is 505 g/mol. The molecule has 1 aliphatic carbocycles. The van der Waals surface area contributed by atoms with Crippen molar-refractivity contribution in [3.63, 3.8) is 0 Å². The number of amides is 2. The molecule has 6 nitrogen and oxygen atoms in total. The number of hydrogen-bond donors (Lipinski definition) is 0. The molecule has 2 amide bonds. The molecule has 0 unspecified atom stereocenters. The average Bonchev–Trinajstić information content (AvgIpc) is 3.59. The summed E-state index contributed by atoms with van der Waals surface area (Å²) in [5.41, 5.74) is 2.87. The van der Waals surface area contributed by atoms with Crippen molar-refractivity contribution in [1.82, 2.24) is 9.80 Å². The van der Waals surface area contributed by atoms with Crippen molar-refractivity contribution in [2.24, 2.45) is 5.92 Å². The molecule has 1 aromatic heterocycles. The van der Waals surface area contributed by atoms with E-state index < -0.39 is 0 Å². The molecule has 0 radical (unpaired) electrons. The van der Waals surface area contributed by atoms with E-state index in [4.69, 9.17) is 9.47 Å². The van der Waals surface area contributed by atoms with Gasteiger partial charge in [0.1, 0.15) is 24.7 Å². The number of rotatable bonds is 9. The van der Waals surface area contributed by atoms with E-state index in [1.807, 2.05) is 48.2 Å². The third kappa shape index (κ3) is 5.57. The lowest BCUT2D eigenvalue weighted by molar-refractivity contribution is -0.135. The van der Waals surface area contributed by atoms with Crippen LogP contribution < -0.4 is 9.47 Å². The summed E-state index contributed by atoms with van der Waals surface area (Å²) >= 11 is 1.73. The lowest BCUT2D eigenvalue weighted by Crippen LogP contribution is -2.48. The fourth-order valence-corrected chi connectivity index (χ4v) is 5.64. The van der Waals surface area contributed by atoms with Crippen LogP contribution in [-0.2, 0) is 11.2 Å². The van der Waals surface area contributed by atoms with E-state index >= 15 is 0 Å². The minimum Gasteiger partial charge on any atom is -0.497 e. The minimum absolute atomic E-state index is 0.0405. The predicted octanol–water partition coefficient (Wildman–Crippen LogP) is 5.12. The fraction of sp³-hybridized carbons (Fsp3) is 0.379. The van der Waals surface area contributed by atoms with Crippen LogP contribution in [0.15, 0.2) is 60.0 Å². The van der Waals surface area contributed by atoms with Crippen molar-refractivity contribution in [1.29, 1.82) is 0 Å². The number of methoxy groups -OCH3 is 1. The Morgan fingerprint density at radius 3 is 2.64 bits per heavy atom. The van der Waals surface area contributed by atoms with Gasteiger partial charge in [-0.05, 0) is 79.4 Å². The molecule has 2 aliphatic rings. The number of hydrogen-bond acceptors (Lipinski definition) is 5. The molecule has 2 aromatic carbocycles. The van der Waals surface area contributed by atoms with Crippen LogP contribution in [-0.4, -0.2) is 55.0 Å². The molecule has 1 aliphatic heterocycles. The Morgan fingerprint density at radius 1 is 1.08 bits per heavy atom. The Hall–Kier alpha value is -3.32. The number of thiophene rings is 1. The van der Waals surface area contributed by atoms with E-state index in [1.54, 1.807) is 35.5 Å². The Labute approximate surface area is 216 Å². The smallest absolute Gasteiger partial charge is 0.254 e. The quantitative estimate of drug-likeness (QED) is 0.406. The first-order chi connectivity index (χ1) is 17.5. The van der Waals surface area contributed by atoms with Crippen molar-refractivity contribution in [3.8, 4) is 11.5 Å². The Bertz CT molecular complexity index is 1220. The van der Waals surface area contributed by atoms with E-state index in [1.165, 1.54) is 10.4 Å². The second kappa shape index (κ2) is 10.7. The highest BCUT2D eigenvalue weighted by atomic mass is 32.1. The zero-order chi connectivity index (χ0) is 25.1. The molecule has 0 bridgehead atoms. The largest absolute Gasteiger partial charge is 0.497 e. The lowest BCUT2D eigenvalue weighted by atomic mass is 10.00. The normalized spacial score (nSPS) is 16.8. The molecule has 1 saturated carbocycles. The second-order valence-electron chi connectivity index (χ2n) is 9.64. The molecule has 5 rings (SSSR count). The van der Waals surface area contributed by atoms with Crippen LogP contribution in [0.1, 0.15) is 45.2 Å². The molecule has 7 heteroatoms. The third-order valence-electron chi connectivity index (χ3n) is 6.95. The Kier molecular flexibility index (Phi) is 7.28. The van der Waals surface area contributed by atoms with Gasteiger partial charge in [-0.25, -0.2) is 0 Å². The van der Waals surface area contributed by atoms with E-state index in [0.29, 0.717) is 36.9 Å². The van der Waals surface area contributed by atoms with Gasteiger partial charge in [-0.1, -0.05) is 23.8 Å². The third-order valence-corrected chi connectivity index (χ3v) is 7.95. The topological polar surface area (TPSA) is 59.1 Å². The maximum absolute atomic E-state index is 13.7. The maximum atomic E-state index is 13.7. The molecule has 0 spiro atoms. The van der Waals surface area contributed by atoms with Crippen molar-refractivity contribution in [2.75, 3.05) is 33.4 Å². The van der Waals surface area contributed by atoms with Crippen LogP contribution in [0.25, 0.3) is 0 Å². The number of carbonyl (C=O) groups excluding carboxylic acids is 2. The van der Waals surface area contributed by atoms with Crippen molar-refractivity contribution >= 4 is 23.2 Å². The molecule has 1 atom stereocenters. The van der Waals surface area contributed by atoms with Gasteiger partial charge >= 0.3 is 0 Å². The second-order valence-corrected chi connectivity index (χ2v) is 10.6. The highest BCUT2D eigenvalue weighted by Crippen LogP contribution is 2.35. The molecule has 1 fully saturated rings. The molecule has 188 valence electrons. The maximum Gasteiger partial charge on any atom is 0.254 e. The van der Waals surface area contributed by atoms with Gasteiger partial charge in [0, 0.05) is 23.5 Å². The van der Waals surface area contributed by atoms with Gasteiger partial charge < -0.3 is 19.3 Å². The number of benzene rings is 2. The highest BCUT2D eigenvalue weighted by Gasteiger charge is 2.35. The number of aryl methyl sites for hydroxylation is 1. The van der Waals surface area contributed by atoms with Gasteiger partial charge in [-0.15, -0.1) is 11.3 Å². The molecule has 2 heterocycles. The molecular formula is C29H32N2O4S. The summed E-state index contributed by atoms with van der Waals surface area (Å²) in [5.74, 6) is 1.72. The summed E-state index contributed by atoms with van der Waals surface area (Å²) in [6, 6.07) is 17.0.